The van der Waals surface area contributed by atoms with Crippen molar-refractivity contribution in [3.05, 3.63) is 0 Å². The smallest absolute Gasteiger partial charge is 0.408 e. The maximum absolute atomic E-state index is 13.1. The van der Waals surface area contributed by atoms with Crippen molar-refractivity contribution in [3.8, 4) is 0 Å². The van der Waals surface area contributed by atoms with Crippen LogP contribution in [-0.2, 0) is 42.9 Å². The fourth-order valence-electron chi connectivity index (χ4n) is 3.21. The van der Waals surface area contributed by atoms with Gasteiger partial charge in [0.1, 0.15) is 29.7 Å². The van der Waals surface area contributed by atoms with Gasteiger partial charge in [-0.1, -0.05) is 40.5 Å². The van der Waals surface area contributed by atoms with Crippen LogP contribution >= 0.6 is 0 Å². The highest BCUT2D eigenvalue weighted by Gasteiger charge is 2.33. The molecule has 0 aromatic rings. The second-order valence-electron chi connectivity index (χ2n) is 11.9. The van der Waals surface area contributed by atoms with Crippen molar-refractivity contribution in [1.29, 1.82) is 0 Å². The Bertz CT molecular complexity index is 938. The van der Waals surface area contributed by atoms with Gasteiger partial charge in [0.05, 0.1) is 13.0 Å². The normalized spacial score (nSPS) is 15.1. The molecule has 2 amide bonds. The molecule has 3 N–H and O–H groups in total. The van der Waals surface area contributed by atoms with E-state index in [4.69, 9.17) is 28.8 Å². The van der Waals surface area contributed by atoms with Gasteiger partial charge in [0.2, 0.25) is 0 Å². The second-order valence-corrected chi connectivity index (χ2v) is 11.9. The maximum Gasteiger partial charge on any atom is 0.408 e. The van der Waals surface area contributed by atoms with E-state index in [2.05, 4.69) is 10.6 Å². The average molecular weight is 605 g/mol. The van der Waals surface area contributed by atoms with Gasteiger partial charge in [0, 0.05) is 0 Å². The molecule has 14 heteroatoms. The van der Waals surface area contributed by atoms with Gasteiger partial charge < -0.3 is 39.4 Å². The largest absolute Gasteiger partial charge is 0.481 e. The zero-order chi connectivity index (χ0) is 32.8. The molecule has 0 saturated carbocycles. The van der Waals surface area contributed by atoms with Crippen LogP contribution in [0.25, 0.3) is 0 Å². The molecule has 5 atom stereocenters. The fourth-order valence-corrected chi connectivity index (χ4v) is 3.21. The minimum Gasteiger partial charge on any atom is -0.481 e. The maximum atomic E-state index is 13.1. The van der Waals surface area contributed by atoms with E-state index < -0.39 is 84.6 Å². The summed E-state index contributed by atoms with van der Waals surface area (Å²) in [6.07, 6.45) is -3.72. The van der Waals surface area contributed by atoms with Crippen LogP contribution in [0.2, 0.25) is 0 Å². The molecule has 0 saturated heterocycles. The van der Waals surface area contributed by atoms with Crippen molar-refractivity contribution in [2.75, 3.05) is 6.61 Å². The molecule has 242 valence electrons. The van der Waals surface area contributed by atoms with Crippen molar-refractivity contribution in [1.82, 2.24) is 10.6 Å². The van der Waals surface area contributed by atoms with E-state index in [0.717, 1.165) is 0 Å². The van der Waals surface area contributed by atoms with Crippen LogP contribution in [0, 0.1) is 11.8 Å². The zero-order valence-corrected chi connectivity index (χ0v) is 26.4. The van der Waals surface area contributed by atoms with Crippen molar-refractivity contribution in [3.63, 3.8) is 0 Å². The van der Waals surface area contributed by atoms with Gasteiger partial charge in [-0.3, -0.25) is 9.59 Å². The Morgan fingerprint density at radius 3 is 1.52 bits per heavy atom. The average Bonchev–Trinajstić information content (AvgIpc) is 2.81. The third-order valence-corrected chi connectivity index (χ3v) is 5.68. The second kappa shape index (κ2) is 17.4. The molecule has 0 rings (SSSR count). The highest BCUT2D eigenvalue weighted by Crippen LogP contribution is 2.16. The van der Waals surface area contributed by atoms with Crippen LogP contribution in [0.4, 0.5) is 9.59 Å². The van der Waals surface area contributed by atoms with Gasteiger partial charge in [-0.05, 0) is 53.4 Å². The molecule has 14 nitrogen and oxygen atoms in total. The van der Waals surface area contributed by atoms with Crippen LogP contribution in [0.1, 0.15) is 94.9 Å². The third kappa shape index (κ3) is 16.6. The van der Waals surface area contributed by atoms with E-state index in [1.54, 1.807) is 62.3 Å². The summed E-state index contributed by atoms with van der Waals surface area (Å²) < 4.78 is 26.1. The first-order valence-corrected chi connectivity index (χ1v) is 14.0. The number of hydrogen-bond donors (Lipinski definition) is 3. The summed E-state index contributed by atoms with van der Waals surface area (Å²) in [6.45, 7) is 16.6. The Labute approximate surface area is 247 Å². The summed E-state index contributed by atoms with van der Waals surface area (Å²) in [6, 6.07) is -2.26. The highest BCUT2D eigenvalue weighted by molar-refractivity contribution is 5.90. The number of nitrogens with one attached hydrogen (secondary N) is 2. The number of aliphatic carboxylic acids is 1. The van der Waals surface area contributed by atoms with Gasteiger partial charge in [0.15, 0.2) is 0 Å². The number of esters is 3. The molecule has 0 radical (unpaired) electrons. The van der Waals surface area contributed by atoms with Crippen molar-refractivity contribution < 1.29 is 57.6 Å². The van der Waals surface area contributed by atoms with E-state index in [-0.39, 0.29) is 12.3 Å². The molecule has 0 aromatic heterocycles. The number of carboxylic acids is 1. The van der Waals surface area contributed by atoms with Gasteiger partial charge in [-0.2, -0.15) is 0 Å². The number of carbonyl (C=O) groups is 6. The molecular weight excluding hydrogens is 556 g/mol. The highest BCUT2D eigenvalue weighted by atomic mass is 16.7. The Balaban J connectivity index is 5.64. The SMILES string of the molecule is CCC(C)[C@H](NC(=O)OC(C)(C)C)C(=O)OCCC(OC(=O)CC(=O)O)OC(=O)[C@@H](NC(=O)OC(C)(C)C)C(C)CC. The molecule has 0 aliphatic rings. The van der Waals surface area contributed by atoms with Crippen LogP contribution < -0.4 is 10.6 Å². The summed E-state index contributed by atoms with van der Waals surface area (Å²) in [5.74, 6) is -5.20. The van der Waals surface area contributed by atoms with Gasteiger partial charge in [-0.15, -0.1) is 0 Å². The number of hydrogen-bond acceptors (Lipinski definition) is 11. The lowest BCUT2D eigenvalue weighted by Gasteiger charge is -2.27. The lowest BCUT2D eigenvalue weighted by molar-refractivity contribution is -0.193. The third-order valence-electron chi connectivity index (χ3n) is 5.68. The number of carbonyl (C=O) groups excluding carboxylic acids is 5. The first-order chi connectivity index (χ1) is 19.2. The monoisotopic (exact) mass is 604 g/mol. The standard InChI is InChI=1S/C28H48N2O12/c1-11-16(3)21(29-25(36)41-27(5,6)7)23(34)38-14-13-20(39-19(33)15-18(31)32)40-24(35)22(17(4)12-2)30-26(37)42-28(8,9)10/h16-17,20-22H,11-15H2,1-10H3,(H,29,36)(H,30,37)(H,31,32)/t16?,17?,20?,21-,22-/m0/s1. The van der Waals surface area contributed by atoms with E-state index in [1.165, 1.54) is 0 Å². The van der Waals surface area contributed by atoms with E-state index in [1.807, 2.05) is 6.92 Å². The quantitative estimate of drug-likeness (QED) is 0.106. The summed E-state index contributed by atoms with van der Waals surface area (Å²) in [5.41, 5.74) is -1.63. The molecule has 42 heavy (non-hydrogen) atoms. The van der Waals surface area contributed by atoms with Crippen LogP contribution in [0.15, 0.2) is 0 Å². The number of amides is 2. The topological polar surface area (TPSA) is 193 Å². The zero-order valence-electron chi connectivity index (χ0n) is 26.4. The summed E-state index contributed by atoms with van der Waals surface area (Å²) in [5, 5.41) is 13.8. The van der Waals surface area contributed by atoms with Gasteiger partial charge in [-0.25, -0.2) is 19.2 Å². The lowest BCUT2D eigenvalue weighted by atomic mass is 9.99. The van der Waals surface area contributed by atoms with Crippen molar-refractivity contribution >= 4 is 36.1 Å². The Kier molecular flexibility index (Phi) is 15.9. The molecular formula is C28H48N2O12. The molecule has 0 aromatic carbocycles. The van der Waals surface area contributed by atoms with Crippen LogP contribution in [-0.4, -0.2) is 77.4 Å². The Morgan fingerprint density at radius 2 is 1.14 bits per heavy atom. The number of rotatable bonds is 15. The number of ether oxygens (including phenoxy) is 5. The fraction of sp³-hybridized carbons (Fsp3) is 0.786. The van der Waals surface area contributed by atoms with E-state index >= 15 is 0 Å². The van der Waals surface area contributed by atoms with Crippen LogP contribution in [0.3, 0.4) is 0 Å². The lowest BCUT2D eigenvalue weighted by Crippen LogP contribution is -2.49. The Morgan fingerprint density at radius 1 is 0.714 bits per heavy atom. The molecule has 3 unspecified atom stereocenters. The molecule has 0 aliphatic heterocycles. The molecule has 0 fully saturated rings. The number of carboxylic acid groups (broad SMARTS) is 1. The minimum atomic E-state index is -1.65. The summed E-state index contributed by atoms with van der Waals surface area (Å²) in [4.78, 5) is 73.5. The summed E-state index contributed by atoms with van der Waals surface area (Å²) in [7, 11) is 0. The predicted octanol–water partition coefficient (Wildman–Crippen LogP) is 3.69. The summed E-state index contributed by atoms with van der Waals surface area (Å²) >= 11 is 0. The van der Waals surface area contributed by atoms with Gasteiger partial charge in [0.25, 0.3) is 6.29 Å². The molecule has 0 heterocycles. The first kappa shape index (κ1) is 38.4. The van der Waals surface area contributed by atoms with Crippen LogP contribution in [0.5, 0.6) is 0 Å². The Hall–Kier alpha value is -3.58. The molecule has 0 aliphatic carbocycles. The predicted molar refractivity (Wildman–Crippen MR) is 149 cm³/mol. The molecule has 0 spiro atoms. The van der Waals surface area contributed by atoms with E-state index in [0.29, 0.717) is 12.8 Å². The van der Waals surface area contributed by atoms with Crippen molar-refractivity contribution in [2.24, 2.45) is 11.8 Å². The number of alkyl carbamates (subject to hydrolysis) is 2. The minimum absolute atomic E-state index is 0.331. The van der Waals surface area contributed by atoms with Crippen molar-refractivity contribution in [2.45, 2.75) is 124 Å². The van der Waals surface area contributed by atoms with Gasteiger partial charge >= 0.3 is 36.1 Å². The first-order valence-electron chi connectivity index (χ1n) is 14.0. The van der Waals surface area contributed by atoms with E-state index in [9.17, 15) is 28.8 Å². The molecule has 0 bridgehead atoms.